The standard InChI is InChI=1S/C18H12I2O8S2/c19-8-1-2-13(10(3-8)17(23)24)27-15(22)7-30-9-4-11(18(25)26)16(12(20)5-9)28-14(21)6-29/h1-5,29H,6-7H2,(H,23,24)(H,25,26). The predicted octanol–water partition coefficient (Wildman–Crippen LogP) is 3.83. The number of carbonyl (C=O) groups excluding carboxylic acids is 2. The third-order valence-electron chi connectivity index (χ3n) is 3.35. The van der Waals surface area contributed by atoms with Crippen molar-refractivity contribution in [2.24, 2.45) is 0 Å². The summed E-state index contributed by atoms with van der Waals surface area (Å²) in [6.07, 6.45) is 0. The molecule has 0 saturated heterocycles. The van der Waals surface area contributed by atoms with Gasteiger partial charge < -0.3 is 19.7 Å². The molecule has 0 amide bonds. The molecule has 0 aliphatic rings. The van der Waals surface area contributed by atoms with Crippen LogP contribution < -0.4 is 9.47 Å². The maximum absolute atomic E-state index is 12.2. The zero-order valence-electron chi connectivity index (χ0n) is 14.8. The van der Waals surface area contributed by atoms with E-state index in [9.17, 15) is 29.4 Å². The molecule has 0 saturated carbocycles. The van der Waals surface area contributed by atoms with Crippen LogP contribution in [0.15, 0.2) is 35.2 Å². The van der Waals surface area contributed by atoms with Gasteiger partial charge >= 0.3 is 23.9 Å². The number of carboxylic acids is 2. The molecule has 0 heterocycles. The van der Waals surface area contributed by atoms with E-state index in [1.54, 1.807) is 12.1 Å². The molecular formula is C18H12I2O8S2. The van der Waals surface area contributed by atoms with E-state index in [-0.39, 0.29) is 34.1 Å². The van der Waals surface area contributed by atoms with Crippen LogP contribution in [0.25, 0.3) is 0 Å². The van der Waals surface area contributed by atoms with E-state index in [0.717, 1.165) is 11.8 Å². The number of carboxylic acid groups (broad SMARTS) is 2. The molecule has 0 aromatic heterocycles. The van der Waals surface area contributed by atoms with Gasteiger partial charge in [0.2, 0.25) is 0 Å². The van der Waals surface area contributed by atoms with Gasteiger partial charge in [0.05, 0.1) is 15.1 Å². The molecule has 0 spiro atoms. The predicted molar refractivity (Wildman–Crippen MR) is 128 cm³/mol. The normalized spacial score (nSPS) is 10.4. The molecule has 12 heteroatoms. The highest BCUT2D eigenvalue weighted by molar-refractivity contribution is 14.1. The van der Waals surface area contributed by atoms with Crippen LogP contribution in [-0.4, -0.2) is 45.6 Å². The van der Waals surface area contributed by atoms with E-state index in [2.05, 4.69) is 12.6 Å². The molecule has 0 bridgehead atoms. The molecule has 8 nitrogen and oxygen atoms in total. The summed E-state index contributed by atoms with van der Waals surface area (Å²) in [6, 6.07) is 7.21. The summed E-state index contributed by atoms with van der Waals surface area (Å²) < 4.78 is 11.2. The molecule has 30 heavy (non-hydrogen) atoms. The first kappa shape index (κ1) is 24.7. The first-order valence-corrected chi connectivity index (χ1v) is 11.6. The monoisotopic (exact) mass is 674 g/mol. The van der Waals surface area contributed by atoms with Crippen LogP contribution >= 0.6 is 69.6 Å². The van der Waals surface area contributed by atoms with Crippen molar-refractivity contribution < 1.29 is 38.9 Å². The first-order chi connectivity index (χ1) is 14.1. The number of halogens is 2. The van der Waals surface area contributed by atoms with Gasteiger partial charge in [0, 0.05) is 8.47 Å². The van der Waals surface area contributed by atoms with E-state index < -0.39 is 23.9 Å². The fourth-order valence-electron chi connectivity index (χ4n) is 2.11. The number of hydrogen-bond acceptors (Lipinski definition) is 8. The summed E-state index contributed by atoms with van der Waals surface area (Å²) in [6.45, 7) is 0. The summed E-state index contributed by atoms with van der Waals surface area (Å²) >= 11 is 8.56. The molecule has 2 aromatic rings. The summed E-state index contributed by atoms with van der Waals surface area (Å²) in [5.41, 5.74) is -0.378. The number of rotatable bonds is 8. The SMILES string of the molecule is O=C(CSc1cc(I)c(OC(=O)CS)c(C(=O)O)c1)Oc1ccc(I)cc1C(=O)O. The Labute approximate surface area is 207 Å². The van der Waals surface area contributed by atoms with Gasteiger partial charge in [-0.2, -0.15) is 12.6 Å². The third-order valence-corrected chi connectivity index (χ3v) is 6.02. The number of carbonyl (C=O) groups is 4. The number of aromatic carboxylic acids is 2. The third kappa shape index (κ3) is 6.75. The van der Waals surface area contributed by atoms with Crippen LogP contribution in [0.4, 0.5) is 0 Å². The van der Waals surface area contributed by atoms with Gasteiger partial charge in [-0.3, -0.25) is 9.59 Å². The van der Waals surface area contributed by atoms with E-state index in [4.69, 9.17) is 9.47 Å². The number of hydrogen-bond donors (Lipinski definition) is 3. The summed E-state index contributed by atoms with van der Waals surface area (Å²) in [5, 5.41) is 18.6. The Morgan fingerprint density at radius 3 is 2.20 bits per heavy atom. The summed E-state index contributed by atoms with van der Waals surface area (Å²) in [5.74, 6) is -4.52. The highest BCUT2D eigenvalue weighted by atomic mass is 127. The molecule has 2 N–H and O–H groups in total. The Bertz CT molecular complexity index is 1030. The lowest BCUT2D eigenvalue weighted by Gasteiger charge is -2.12. The quantitative estimate of drug-likeness (QED) is 0.126. The molecule has 0 aliphatic carbocycles. The second-order valence-electron chi connectivity index (χ2n) is 5.43. The fourth-order valence-corrected chi connectivity index (χ4v) is 4.36. The summed E-state index contributed by atoms with van der Waals surface area (Å²) in [7, 11) is 0. The number of benzene rings is 2. The van der Waals surface area contributed by atoms with Crippen LogP contribution in [-0.2, 0) is 9.59 Å². The van der Waals surface area contributed by atoms with Gasteiger partial charge in [-0.1, -0.05) is 0 Å². The lowest BCUT2D eigenvalue weighted by atomic mass is 10.2. The Morgan fingerprint density at radius 1 is 0.933 bits per heavy atom. The molecular weight excluding hydrogens is 662 g/mol. The van der Waals surface area contributed by atoms with Gasteiger partial charge in [0.1, 0.15) is 16.9 Å². The van der Waals surface area contributed by atoms with Crippen LogP contribution in [0.5, 0.6) is 11.5 Å². The minimum absolute atomic E-state index is 0.0802. The first-order valence-electron chi connectivity index (χ1n) is 7.87. The van der Waals surface area contributed by atoms with Crippen molar-refractivity contribution in [2.75, 3.05) is 11.5 Å². The molecule has 0 radical (unpaired) electrons. The largest absolute Gasteiger partial charge is 0.478 e. The Morgan fingerprint density at radius 2 is 1.60 bits per heavy atom. The molecule has 0 unspecified atom stereocenters. The maximum Gasteiger partial charge on any atom is 0.339 e. The van der Waals surface area contributed by atoms with E-state index >= 15 is 0 Å². The van der Waals surface area contributed by atoms with Crippen LogP contribution in [0.1, 0.15) is 20.7 Å². The molecule has 0 aliphatic heterocycles. The minimum atomic E-state index is -1.30. The Kier molecular flexibility index (Phi) is 9.24. The highest BCUT2D eigenvalue weighted by Gasteiger charge is 2.20. The second kappa shape index (κ2) is 11.2. The Balaban J connectivity index is 2.16. The van der Waals surface area contributed by atoms with Gasteiger partial charge in [-0.05, 0) is 75.5 Å². The van der Waals surface area contributed by atoms with Crippen molar-refractivity contribution in [3.63, 3.8) is 0 Å². The topological polar surface area (TPSA) is 127 Å². The van der Waals surface area contributed by atoms with Crippen molar-refractivity contribution in [3.05, 3.63) is 48.6 Å². The average molecular weight is 674 g/mol. The zero-order chi connectivity index (χ0) is 22.4. The maximum atomic E-state index is 12.2. The molecule has 0 atom stereocenters. The number of ether oxygens (including phenoxy) is 2. The van der Waals surface area contributed by atoms with Crippen LogP contribution in [0.2, 0.25) is 0 Å². The van der Waals surface area contributed by atoms with E-state index in [1.807, 2.05) is 45.2 Å². The number of esters is 2. The van der Waals surface area contributed by atoms with Gasteiger partial charge in [-0.15, -0.1) is 11.8 Å². The van der Waals surface area contributed by atoms with Gasteiger partial charge in [0.25, 0.3) is 0 Å². The van der Waals surface area contributed by atoms with Gasteiger partial charge in [-0.25, -0.2) is 9.59 Å². The molecule has 158 valence electrons. The highest BCUT2D eigenvalue weighted by Crippen LogP contribution is 2.32. The smallest absolute Gasteiger partial charge is 0.339 e. The zero-order valence-corrected chi connectivity index (χ0v) is 20.8. The second-order valence-corrected chi connectivity index (χ2v) is 9.20. The van der Waals surface area contributed by atoms with Crippen molar-refractivity contribution >= 4 is 93.4 Å². The molecule has 0 fully saturated rings. The van der Waals surface area contributed by atoms with Crippen molar-refractivity contribution in [3.8, 4) is 11.5 Å². The number of thioether (sulfide) groups is 1. The van der Waals surface area contributed by atoms with Crippen LogP contribution in [0.3, 0.4) is 0 Å². The van der Waals surface area contributed by atoms with Crippen molar-refractivity contribution in [2.45, 2.75) is 4.90 Å². The van der Waals surface area contributed by atoms with Gasteiger partial charge in [0.15, 0.2) is 5.75 Å². The van der Waals surface area contributed by atoms with E-state index in [1.165, 1.54) is 18.2 Å². The number of thiol groups is 1. The fraction of sp³-hybridized carbons (Fsp3) is 0.111. The van der Waals surface area contributed by atoms with Crippen molar-refractivity contribution in [1.29, 1.82) is 0 Å². The lowest BCUT2D eigenvalue weighted by Crippen LogP contribution is -2.14. The Hall–Kier alpha value is -1.52. The van der Waals surface area contributed by atoms with Crippen LogP contribution in [0, 0.1) is 7.14 Å². The lowest BCUT2D eigenvalue weighted by molar-refractivity contribution is -0.132. The summed E-state index contributed by atoms with van der Waals surface area (Å²) in [4.78, 5) is 46.9. The minimum Gasteiger partial charge on any atom is -0.478 e. The van der Waals surface area contributed by atoms with E-state index in [0.29, 0.717) is 12.0 Å². The van der Waals surface area contributed by atoms with Crippen molar-refractivity contribution in [1.82, 2.24) is 0 Å². The molecule has 2 aromatic carbocycles. The average Bonchev–Trinajstić information content (AvgIpc) is 2.68. The molecule has 2 rings (SSSR count).